The topological polar surface area (TPSA) is 84.6 Å². The molecule has 1 rings (SSSR count). The van der Waals surface area contributed by atoms with Gasteiger partial charge in [0.2, 0.25) is 0 Å². The van der Waals surface area contributed by atoms with E-state index in [4.69, 9.17) is 10.4 Å². The summed E-state index contributed by atoms with van der Waals surface area (Å²) in [6.07, 6.45) is 2.01. The minimum atomic E-state index is -0.783. The van der Waals surface area contributed by atoms with Crippen LogP contribution in [0, 0.1) is 17.2 Å². The van der Waals surface area contributed by atoms with Gasteiger partial charge in [-0.2, -0.15) is 5.26 Å². The minimum Gasteiger partial charge on any atom is -0.481 e. The Morgan fingerprint density at radius 3 is 2.84 bits per heavy atom. The quantitative estimate of drug-likeness (QED) is 0.790. The zero-order chi connectivity index (χ0) is 14.3. The van der Waals surface area contributed by atoms with Crippen LogP contribution in [0.1, 0.15) is 32.6 Å². The van der Waals surface area contributed by atoms with Gasteiger partial charge >= 0.3 is 12.0 Å². The van der Waals surface area contributed by atoms with E-state index in [1.54, 1.807) is 9.80 Å². The summed E-state index contributed by atoms with van der Waals surface area (Å²) in [4.78, 5) is 26.2. The number of urea groups is 1. The summed E-state index contributed by atoms with van der Waals surface area (Å²) in [7, 11) is 0. The standard InChI is InChI=1S/C13H21N3O3/c1-2-15(8-3-7-14)13(19)16-9-6-11(10-16)4-5-12(17)18/h11H,2-6,8-10H2,1H3,(H,17,18). The third kappa shape index (κ3) is 4.78. The molecule has 1 saturated heterocycles. The highest BCUT2D eigenvalue weighted by Gasteiger charge is 2.28. The number of nitrogens with zero attached hydrogens (tertiary/aromatic N) is 3. The van der Waals surface area contributed by atoms with Gasteiger partial charge < -0.3 is 14.9 Å². The van der Waals surface area contributed by atoms with Crippen LogP contribution in [0.5, 0.6) is 0 Å². The third-order valence-corrected chi connectivity index (χ3v) is 3.47. The number of hydrogen-bond donors (Lipinski definition) is 1. The van der Waals surface area contributed by atoms with Crippen LogP contribution < -0.4 is 0 Å². The smallest absolute Gasteiger partial charge is 0.320 e. The highest BCUT2D eigenvalue weighted by atomic mass is 16.4. The fourth-order valence-corrected chi connectivity index (χ4v) is 2.34. The van der Waals surface area contributed by atoms with Crippen molar-refractivity contribution >= 4 is 12.0 Å². The van der Waals surface area contributed by atoms with E-state index in [0.717, 1.165) is 6.42 Å². The number of carbonyl (C=O) groups is 2. The molecule has 0 aliphatic carbocycles. The van der Waals surface area contributed by atoms with Gasteiger partial charge in [0.15, 0.2) is 0 Å². The molecule has 0 aromatic heterocycles. The second-order valence-electron chi connectivity index (χ2n) is 4.80. The van der Waals surface area contributed by atoms with Crippen LogP contribution in [0.15, 0.2) is 0 Å². The van der Waals surface area contributed by atoms with Gasteiger partial charge in [0.1, 0.15) is 0 Å². The Labute approximate surface area is 113 Å². The summed E-state index contributed by atoms with van der Waals surface area (Å²) >= 11 is 0. The fraction of sp³-hybridized carbons (Fsp3) is 0.769. The monoisotopic (exact) mass is 267 g/mol. The number of carbonyl (C=O) groups excluding carboxylic acids is 1. The first kappa shape index (κ1) is 15.3. The van der Waals surface area contributed by atoms with E-state index in [-0.39, 0.29) is 18.4 Å². The van der Waals surface area contributed by atoms with E-state index in [0.29, 0.717) is 39.0 Å². The molecule has 1 unspecified atom stereocenters. The SMILES string of the molecule is CCN(CCC#N)C(=O)N1CCC(CCC(=O)O)C1. The fourth-order valence-electron chi connectivity index (χ4n) is 2.34. The number of nitriles is 1. The normalized spacial score (nSPS) is 18.1. The maximum absolute atomic E-state index is 12.2. The molecule has 0 spiro atoms. The van der Waals surface area contributed by atoms with Crippen LogP contribution in [-0.4, -0.2) is 53.1 Å². The average Bonchev–Trinajstić information content (AvgIpc) is 2.85. The van der Waals surface area contributed by atoms with Crippen LogP contribution in [0.2, 0.25) is 0 Å². The molecule has 1 N–H and O–H groups in total. The number of hydrogen-bond acceptors (Lipinski definition) is 3. The van der Waals surface area contributed by atoms with Crippen LogP contribution in [0.3, 0.4) is 0 Å². The molecule has 1 atom stereocenters. The number of carboxylic acids is 1. The molecular formula is C13H21N3O3. The van der Waals surface area contributed by atoms with Crippen molar-refractivity contribution in [3.05, 3.63) is 0 Å². The van der Waals surface area contributed by atoms with Gasteiger partial charge in [-0.15, -0.1) is 0 Å². The summed E-state index contributed by atoms with van der Waals surface area (Å²) in [6.45, 7) is 4.27. The van der Waals surface area contributed by atoms with Crippen molar-refractivity contribution in [1.82, 2.24) is 9.80 Å². The molecule has 106 valence electrons. The molecule has 6 heteroatoms. The minimum absolute atomic E-state index is 0.0319. The van der Waals surface area contributed by atoms with Gasteiger partial charge in [0.25, 0.3) is 0 Å². The van der Waals surface area contributed by atoms with Crippen molar-refractivity contribution in [2.45, 2.75) is 32.6 Å². The lowest BCUT2D eigenvalue weighted by Gasteiger charge is -2.26. The Kier molecular flexibility index (Phi) is 6.13. The zero-order valence-corrected chi connectivity index (χ0v) is 11.3. The second kappa shape index (κ2) is 7.62. The van der Waals surface area contributed by atoms with Crippen molar-refractivity contribution in [2.24, 2.45) is 5.92 Å². The molecule has 19 heavy (non-hydrogen) atoms. The molecule has 0 aromatic rings. The van der Waals surface area contributed by atoms with E-state index in [2.05, 4.69) is 0 Å². The number of likely N-dealkylation sites (tertiary alicyclic amines) is 1. The summed E-state index contributed by atoms with van der Waals surface area (Å²) in [5.74, 6) is -0.497. The van der Waals surface area contributed by atoms with E-state index in [1.807, 2.05) is 13.0 Å². The molecule has 0 radical (unpaired) electrons. The molecule has 1 aliphatic heterocycles. The van der Waals surface area contributed by atoms with E-state index in [1.165, 1.54) is 0 Å². The highest BCUT2D eigenvalue weighted by Crippen LogP contribution is 2.22. The molecular weight excluding hydrogens is 246 g/mol. The maximum Gasteiger partial charge on any atom is 0.320 e. The first-order chi connectivity index (χ1) is 9.08. The van der Waals surface area contributed by atoms with Gasteiger partial charge in [0, 0.05) is 32.6 Å². The van der Waals surface area contributed by atoms with Crippen LogP contribution in [-0.2, 0) is 4.79 Å². The lowest BCUT2D eigenvalue weighted by atomic mass is 10.0. The Morgan fingerprint density at radius 2 is 2.26 bits per heavy atom. The summed E-state index contributed by atoms with van der Waals surface area (Å²) in [5.41, 5.74) is 0. The van der Waals surface area contributed by atoms with E-state index in [9.17, 15) is 9.59 Å². The predicted molar refractivity (Wildman–Crippen MR) is 69.4 cm³/mol. The van der Waals surface area contributed by atoms with E-state index < -0.39 is 5.97 Å². The van der Waals surface area contributed by atoms with Crippen molar-refractivity contribution in [2.75, 3.05) is 26.2 Å². The Bertz CT molecular complexity index is 365. The average molecular weight is 267 g/mol. The summed E-state index contributed by atoms with van der Waals surface area (Å²) in [5, 5.41) is 17.2. The first-order valence-corrected chi connectivity index (χ1v) is 6.71. The van der Waals surface area contributed by atoms with Gasteiger partial charge in [-0.05, 0) is 25.7 Å². The van der Waals surface area contributed by atoms with Gasteiger partial charge in [-0.25, -0.2) is 4.79 Å². The zero-order valence-electron chi connectivity index (χ0n) is 11.3. The van der Waals surface area contributed by atoms with Crippen LogP contribution >= 0.6 is 0 Å². The lowest BCUT2D eigenvalue weighted by Crippen LogP contribution is -2.42. The molecule has 0 aromatic carbocycles. The van der Waals surface area contributed by atoms with E-state index >= 15 is 0 Å². The maximum atomic E-state index is 12.2. The molecule has 0 saturated carbocycles. The molecule has 2 amide bonds. The van der Waals surface area contributed by atoms with Crippen molar-refractivity contribution < 1.29 is 14.7 Å². The number of rotatable bonds is 6. The second-order valence-corrected chi connectivity index (χ2v) is 4.80. The molecule has 0 bridgehead atoms. The predicted octanol–water partition coefficient (Wildman–Crippen LogP) is 1.53. The number of aliphatic carboxylic acids is 1. The molecule has 1 aliphatic rings. The van der Waals surface area contributed by atoms with Gasteiger partial charge in [-0.1, -0.05) is 0 Å². The van der Waals surface area contributed by atoms with Gasteiger partial charge in [-0.3, -0.25) is 4.79 Å². The van der Waals surface area contributed by atoms with Crippen LogP contribution in [0.25, 0.3) is 0 Å². The third-order valence-electron chi connectivity index (χ3n) is 3.47. The number of carboxylic acid groups (broad SMARTS) is 1. The Balaban J connectivity index is 2.42. The molecule has 6 nitrogen and oxygen atoms in total. The van der Waals surface area contributed by atoms with Crippen molar-refractivity contribution in [1.29, 1.82) is 5.26 Å². The van der Waals surface area contributed by atoms with Crippen molar-refractivity contribution in [3.63, 3.8) is 0 Å². The van der Waals surface area contributed by atoms with Crippen molar-refractivity contribution in [3.8, 4) is 6.07 Å². The Hall–Kier alpha value is -1.77. The molecule has 1 heterocycles. The summed E-state index contributed by atoms with van der Waals surface area (Å²) in [6, 6.07) is 2.01. The Morgan fingerprint density at radius 1 is 1.53 bits per heavy atom. The summed E-state index contributed by atoms with van der Waals surface area (Å²) < 4.78 is 0. The van der Waals surface area contributed by atoms with Crippen LogP contribution in [0.4, 0.5) is 4.79 Å². The lowest BCUT2D eigenvalue weighted by molar-refractivity contribution is -0.137. The van der Waals surface area contributed by atoms with Gasteiger partial charge in [0.05, 0.1) is 12.5 Å². The highest BCUT2D eigenvalue weighted by molar-refractivity contribution is 5.74. The first-order valence-electron chi connectivity index (χ1n) is 6.71. The number of amides is 2. The largest absolute Gasteiger partial charge is 0.481 e. The molecule has 1 fully saturated rings.